The van der Waals surface area contributed by atoms with E-state index in [-0.39, 0.29) is 16.9 Å². The Balaban J connectivity index is 2.15. The molecule has 7 nitrogen and oxygen atoms in total. The number of amides is 1. The van der Waals surface area contributed by atoms with E-state index in [2.05, 4.69) is 15.4 Å². The summed E-state index contributed by atoms with van der Waals surface area (Å²) in [5, 5.41) is 15.2. The minimum absolute atomic E-state index is 0.0325. The van der Waals surface area contributed by atoms with E-state index in [1.54, 1.807) is 13.8 Å². The summed E-state index contributed by atoms with van der Waals surface area (Å²) in [6, 6.07) is 2.63. The van der Waals surface area contributed by atoms with Gasteiger partial charge in [-0.05, 0) is 24.1 Å². The molecule has 154 valence electrons. The monoisotopic (exact) mass is 446 g/mol. The van der Waals surface area contributed by atoms with Gasteiger partial charge >= 0.3 is 12.1 Å². The average Bonchev–Trinajstić information content (AvgIpc) is 3.23. The second-order valence-electron chi connectivity index (χ2n) is 6.46. The number of carboxylic acid groups (broad SMARTS) is 1. The first-order chi connectivity index (χ1) is 13.5. The van der Waals surface area contributed by atoms with Gasteiger partial charge in [-0.25, -0.2) is 14.3 Å². The fourth-order valence-corrected chi connectivity index (χ4v) is 3.64. The number of fused-ring (bicyclic) bond motifs is 1. The Bertz CT molecular complexity index is 1090. The predicted molar refractivity (Wildman–Crippen MR) is 100 cm³/mol. The largest absolute Gasteiger partial charge is 0.480 e. The van der Waals surface area contributed by atoms with Crippen LogP contribution >= 0.6 is 22.9 Å². The summed E-state index contributed by atoms with van der Waals surface area (Å²) >= 11 is 6.90. The summed E-state index contributed by atoms with van der Waals surface area (Å²) in [6.07, 6.45) is -3.84. The molecule has 1 amide bonds. The number of thiophene rings is 1. The molecule has 0 aliphatic rings. The van der Waals surface area contributed by atoms with Gasteiger partial charge in [0, 0.05) is 0 Å². The van der Waals surface area contributed by atoms with E-state index in [1.165, 1.54) is 12.1 Å². The van der Waals surface area contributed by atoms with Gasteiger partial charge in [-0.1, -0.05) is 25.4 Å². The number of carboxylic acids is 1. The van der Waals surface area contributed by atoms with Gasteiger partial charge in [-0.15, -0.1) is 11.3 Å². The molecule has 0 fully saturated rings. The lowest BCUT2D eigenvalue weighted by Gasteiger charge is -2.17. The maximum atomic E-state index is 13.6. The summed E-state index contributed by atoms with van der Waals surface area (Å²) in [6.45, 7) is 3.18. The number of alkyl halides is 3. The van der Waals surface area contributed by atoms with Crippen LogP contribution in [-0.2, 0) is 11.0 Å². The van der Waals surface area contributed by atoms with Crippen molar-refractivity contribution in [3.63, 3.8) is 0 Å². The van der Waals surface area contributed by atoms with Crippen molar-refractivity contribution in [2.75, 3.05) is 0 Å². The highest BCUT2D eigenvalue weighted by Gasteiger charge is 2.36. The van der Waals surface area contributed by atoms with Crippen LogP contribution in [0.5, 0.6) is 0 Å². The van der Waals surface area contributed by atoms with Crippen LogP contribution in [0.25, 0.3) is 16.2 Å². The molecule has 0 saturated heterocycles. The van der Waals surface area contributed by atoms with Crippen molar-refractivity contribution in [1.29, 1.82) is 0 Å². The lowest BCUT2D eigenvalue weighted by Crippen LogP contribution is -2.44. The smallest absolute Gasteiger partial charge is 0.433 e. The molecule has 0 aromatic carbocycles. The van der Waals surface area contributed by atoms with Crippen molar-refractivity contribution in [2.24, 2.45) is 5.92 Å². The first-order valence-corrected chi connectivity index (χ1v) is 9.44. The highest BCUT2D eigenvalue weighted by Crippen LogP contribution is 2.35. The number of aliphatic carboxylic acids is 1. The number of hydrogen-bond acceptors (Lipinski definition) is 5. The summed E-state index contributed by atoms with van der Waals surface area (Å²) in [7, 11) is 0. The molecule has 0 radical (unpaired) electrons. The fourth-order valence-electron chi connectivity index (χ4n) is 2.64. The molecule has 0 aliphatic carbocycles. The van der Waals surface area contributed by atoms with Gasteiger partial charge in [0.2, 0.25) is 0 Å². The van der Waals surface area contributed by atoms with Crippen LogP contribution in [-0.4, -0.2) is 37.6 Å². The summed E-state index contributed by atoms with van der Waals surface area (Å²) in [5.41, 5.74) is -1.77. The van der Waals surface area contributed by atoms with E-state index >= 15 is 0 Å². The topological polar surface area (TPSA) is 96.6 Å². The van der Waals surface area contributed by atoms with Crippen LogP contribution in [0.1, 0.15) is 29.9 Å². The van der Waals surface area contributed by atoms with Gasteiger partial charge in [0.05, 0.1) is 21.1 Å². The highest BCUT2D eigenvalue weighted by molar-refractivity contribution is 7.19. The summed E-state index contributed by atoms with van der Waals surface area (Å²) in [5.74, 6) is -2.59. The predicted octanol–water partition coefficient (Wildman–Crippen LogP) is 3.97. The minimum atomic E-state index is -4.77. The molecule has 3 aromatic rings. The van der Waals surface area contributed by atoms with Crippen LogP contribution < -0.4 is 5.32 Å². The third-order valence-electron chi connectivity index (χ3n) is 4.05. The first kappa shape index (κ1) is 21.1. The van der Waals surface area contributed by atoms with E-state index in [4.69, 9.17) is 11.6 Å². The maximum absolute atomic E-state index is 13.6. The van der Waals surface area contributed by atoms with Gasteiger partial charge in [0.1, 0.15) is 11.6 Å². The maximum Gasteiger partial charge on any atom is 0.433 e. The molecule has 0 aliphatic heterocycles. The van der Waals surface area contributed by atoms with Crippen LogP contribution in [0.3, 0.4) is 0 Å². The minimum Gasteiger partial charge on any atom is -0.480 e. The van der Waals surface area contributed by atoms with Crippen LogP contribution in [0.15, 0.2) is 24.4 Å². The third kappa shape index (κ3) is 4.20. The number of nitrogens with zero attached hydrogens (tertiary/aromatic N) is 3. The number of nitrogens with one attached hydrogen (secondary N) is 1. The lowest BCUT2D eigenvalue weighted by atomic mass is 10.0. The van der Waals surface area contributed by atoms with Crippen molar-refractivity contribution in [3.8, 4) is 10.6 Å². The normalized spacial score (nSPS) is 13.1. The van der Waals surface area contributed by atoms with Gasteiger partial charge in [0.15, 0.2) is 11.3 Å². The zero-order valence-electron chi connectivity index (χ0n) is 15.0. The molecule has 0 unspecified atom stereocenters. The second kappa shape index (κ2) is 7.64. The van der Waals surface area contributed by atoms with Gasteiger partial charge < -0.3 is 10.4 Å². The Hall–Kier alpha value is -2.66. The first-order valence-electron chi connectivity index (χ1n) is 8.24. The molecule has 29 heavy (non-hydrogen) atoms. The highest BCUT2D eigenvalue weighted by atomic mass is 35.5. The van der Waals surface area contributed by atoms with Gasteiger partial charge in [0.25, 0.3) is 5.91 Å². The molecule has 3 aromatic heterocycles. The lowest BCUT2D eigenvalue weighted by molar-refractivity contribution is -0.142. The molecule has 3 heterocycles. The number of hydrogen-bond donors (Lipinski definition) is 2. The van der Waals surface area contributed by atoms with Crippen molar-refractivity contribution >= 4 is 40.5 Å². The van der Waals surface area contributed by atoms with Crippen molar-refractivity contribution in [1.82, 2.24) is 19.9 Å². The summed E-state index contributed by atoms with van der Waals surface area (Å²) < 4.78 is 41.6. The zero-order chi connectivity index (χ0) is 21.5. The van der Waals surface area contributed by atoms with Gasteiger partial charge in [-0.3, -0.25) is 4.79 Å². The van der Waals surface area contributed by atoms with Crippen molar-refractivity contribution in [3.05, 3.63) is 40.0 Å². The fraction of sp³-hybridized carbons (Fsp3) is 0.294. The average molecular weight is 447 g/mol. The van der Waals surface area contributed by atoms with Gasteiger partial charge in [-0.2, -0.15) is 18.3 Å². The number of carbonyl (C=O) groups excluding carboxylic acids is 1. The molecule has 0 bridgehead atoms. The quantitative estimate of drug-likeness (QED) is 0.618. The molecule has 3 rings (SSSR count). The summed E-state index contributed by atoms with van der Waals surface area (Å²) in [4.78, 5) is 28.4. The molecule has 0 spiro atoms. The van der Waals surface area contributed by atoms with E-state index in [9.17, 15) is 27.9 Å². The van der Waals surface area contributed by atoms with Crippen molar-refractivity contribution < 1.29 is 27.9 Å². The number of rotatable bonds is 5. The molecule has 1 atom stereocenters. The van der Waals surface area contributed by atoms with Crippen LogP contribution in [0.2, 0.25) is 4.34 Å². The van der Waals surface area contributed by atoms with E-state index < -0.39 is 35.7 Å². The van der Waals surface area contributed by atoms with E-state index in [0.717, 1.165) is 23.6 Å². The number of halogens is 4. The Morgan fingerprint density at radius 1 is 1.31 bits per heavy atom. The van der Waals surface area contributed by atoms with Crippen LogP contribution in [0.4, 0.5) is 13.2 Å². The SMILES string of the molecule is CC(C)[C@@H](NC(=O)c1cnn2c(C(F)(F)F)cc(-c3ccc(Cl)s3)nc12)C(=O)O. The van der Waals surface area contributed by atoms with Crippen LogP contribution in [0, 0.1) is 5.92 Å². The molecule has 0 saturated carbocycles. The zero-order valence-corrected chi connectivity index (χ0v) is 16.6. The standard InChI is InChI=1S/C17H14ClF3N4O3S/c1-7(2)13(16(27)28)24-15(26)8-6-22-25-11(17(19,20)21)5-9(23-14(8)25)10-3-4-12(18)29-10/h3-7,13H,1-2H3,(H,24,26)(H,27,28)/t13-/m1/s1. The second-order valence-corrected chi connectivity index (χ2v) is 8.17. The third-order valence-corrected chi connectivity index (χ3v) is 5.31. The Morgan fingerprint density at radius 3 is 2.52 bits per heavy atom. The Labute approximate surface area is 171 Å². The number of carbonyl (C=O) groups is 2. The molecular weight excluding hydrogens is 433 g/mol. The molecule has 2 N–H and O–H groups in total. The Kier molecular flexibility index (Phi) is 5.54. The Morgan fingerprint density at radius 2 is 2.00 bits per heavy atom. The molecule has 12 heteroatoms. The molecular formula is C17H14ClF3N4O3S. The van der Waals surface area contributed by atoms with Crippen molar-refractivity contribution in [2.45, 2.75) is 26.1 Å². The van der Waals surface area contributed by atoms with E-state index in [0.29, 0.717) is 13.7 Å². The van der Waals surface area contributed by atoms with E-state index in [1.807, 2.05) is 0 Å². The number of aromatic nitrogens is 3.